The number of hydrogen-bond donors (Lipinski definition) is 2. The molecule has 0 aliphatic heterocycles. The maximum absolute atomic E-state index is 11.0. The van der Waals surface area contributed by atoms with E-state index in [1.54, 1.807) is 6.08 Å². The third-order valence-corrected chi connectivity index (χ3v) is 2.80. The topological polar surface area (TPSA) is 92.5 Å². The summed E-state index contributed by atoms with van der Waals surface area (Å²) in [5.74, 6) is -1.23. The van der Waals surface area contributed by atoms with E-state index in [1.807, 2.05) is 13.8 Å². The maximum Gasteiger partial charge on any atom is 0.335 e. The summed E-state index contributed by atoms with van der Waals surface area (Å²) < 4.78 is 0.653. The average Bonchev–Trinajstić information content (AvgIpc) is 2.48. The van der Waals surface area contributed by atoms with E-state index >= 15 is 0 Å². The fourth-order valence-corrected chi connectivity index (χ4v) is 1.63. The molecule has 2 N–H and O–H groups in total. The van der Waals surface area contributed by atoms with Crippen LogP contribution < -0.4 is 5.32 Å². The largest absolute Gasteiger partial charge is 0.478 e. The maximum atomic E-state index is 11.0. The van der Waals surface area contributed by atoms with E-state index < -0.39 is 10.9 Å². The zero-order valence-electron chi connectivity index (χ0n) is 12.3. The van der Waals surface area contributed by atoms with Crippen molar-refractivity contribution in [2.45, 2.75) is 13.8 Å². The number of anilines is 1. The molecule has 0 unspecified atom stereocenters. The molecule has 0 fully saturated rings. The molecule has 0 atom stereocenters. The van der Waals surface area contributed by atoms with Gasteiger partial charge >= 0.3 is 5.97 Å². The predicted molar refractivity (Wildman–Crippen MR) is 91.4 cm³/mol. The Morgan fingerprint density at radius 1 is 1.45 bits per heavy atom. The number of carboxylic acids is 1. The average molecular weight is 369 g/mol. The third kappa shape index (κ3) is 5.92. The van der Waals surface area contributed by atoms with Crippen LogP contribution in [0.2, 0.25) is 0 Å². The fourth-order valence-electron chi connectivity index (χ4n) is 1.36. The van der Waals surface area contributed by atoms with Crippen LogP contribution in [0.25, 0.3) is 0 Å². The van der Waals surface area contributed by atoms with E-state index in [1.165, 1.54) is 18.2 Å². The lowest BCUT2D eigenvalue weighted by Gasteiger charge is -2.07. The van der Waals surface area contributed by atoms with Gasteiger partial charge in [0.05, 0.1) is 10.5 Å². The van der Waals surface area contributed by atoms with E-state index in [0.29, 0.717) is 10.2 Å². The number of nitro groups is 1. The van der Waals surface area contributed by atoms with Crippen molar-refractivity contribution in [1.29, 1.82) is 0 Å². The van der Waals surface area contributed by atoms with Crippen LogP contribution in [0.15, 0.2) is 53.7 Å². The fraction of sp³-hybridized carbons (Fsp3) is 0.133. The van der Waals surface area contributed by atoms with Crippen LogP contribution in [0.3, 0.4) is 0 Å². The monoisotopic (exact) mass is 368 g/mol. The second-order valence-electron chi connectivity index (χ2n) is 3.68. The molecule has 7 heteroatoms. The van der Waals surface area contributed by atoms with Crippen molar-refractivity contribution in [1.82, 2.24) is 0 Å². The van der Waals surface area contributed by atoms with Crippen molar-refractivity contribution in [3.05, 3.63) is 69.4 Å². The number of halogens is 1. The minimum absolute atomic E-state index is 0.157. The summed E-state index contributed by atoms with van der Waals surface area (Å²) in [6, 6.07) is 3.59. The van der Waals surface area contributed by atoms with Gasteiger partial charge in [-0.1, -0.05) is 49.0 Å². The summed E-state index contributed by atoms with van der Waals surface area (Å²) in [7, 11) is 0. The first-order valence-electron chi connectivity index (χ1n) is 6.32. The minimum atomic E-state index is -1.23. The summed E-state index contributed by atoms with van der Waals surface area (Å²) in [4.78, 5) is 21.1. The summed E-state index contributed by atoms with van der Waals surface area (Å²) in [5.41, 5.74) is 0.0541. The number of nitrogens with zero attached hydrogens (tertiary/aromatic N) is 1. The second kappa shape index (κ2) is 9.51. The van der Waals surface area contributed by atoms with Gasteiger partial charge in [-0.25, -0.2) is 4.79 Å². The molecule has 0 saturated heterocycles. The predicted octanol–water partition coefficient (Wildman–Crippen LogP) is 4.71. The van der Waals surface area contributed by atoms with E-state index in [0.717, 1.165) is 6.07 Å². The van der Waals surface area contributed by atoms with Crippen LogP contribution in [-0.4, -0.2) is 16.0 Å². The van der Waals surface area contributed by atoms with Gasteiger partial charge in [-0.15, -0.1) is 0 Å². The lowest BCUT2D eigenvalue weighted by atomic mass is 10.1. The summed E-state index contributed by atoms with van der Waals surface area (Å²) in [6.45, 7) is 11.2. The molecule has 0 aromatic heterocycles. The molecule has 22 heavy (non-hydrogen) atoms. The molecule has 1 rings (SSSR count). The molecule has 0 aliphatic carbocycles. The van der Waals surface area contributed by atoms with Gasteiger partial charge in [0.2, 0.25) is 0 Å². The van der Waals surface area contributed by atoms with Crippen LogP contribution in [0.1, 0.15) is 24.2 Å². The SMILES string of the molecule is C=C/C(Br)=C\C(=C)Nc1ccc(C(=O)O)cc1[N+](=O)[O-].CC. The van der Waals surface area contributed by atoms with Gasteiger partial charge in [0.15, 0.2) is 0 Å². The first-order chi connectivity index (χ1) is 10.3. The van der Waals surface area contributed by atoms with E-state index in [4.69, 9.17) is 5.11 Å². The van der Waals surface area contributed by atoms with Crippen LogP contribution in [0.4, 0.5) is 11.4 Å². The van der Waals surface area contributed by atoms with E-state index in [-0.39, 0.29) is 16.9 Å². The molecule has 0 spiro atoms. The Balaban J connectivity index is 0.00000211. The quantitative estimate of drug-likeness (QED) is 0.430. The molecule has 0 amide bonds. The normalized spacial score (nSPS) is 10.0. The number of allylic oxidation sites excluding steroid dienone is 3. The lowest BCUT2D eigenvalue weighted by molar-refractivity contribution is -0.384. The first-order valence-corrected chi connectivity index (χ1v) is 7.11. The molecule has 0 heterocycles. The highest BCUT2D eigenvalue weighted by atomic mass is 79.9. The van der Waals surface area contributed by atoms with Crippen LogP contribution >= 0.6 is 15.9 Å². The molecule has 6 nitrogen and oxygen atoms in total. The molecule has 1 aromatic carbocycles. The van der Waals surface area contributed by atoms with Crippen molar-refractivity contribution in [3.63, 3.8) is 0 Å². The Hall–Kier alpha value is -2.41. The second-order valence-corrected chi connectivity index (χ2v) is 4.59. The summed E-state index contributed by atoms with van der Waals surface area (Å²) in [6.07, 6.45) is 3.12. The number of carbonyl (C=O) groups is 1. The van der Waals surface area contributed by atoms with Crippen molar-refractivity contribution < 1.29 is 14.8 Å². The van der Waals surface area contributed by atoms with Gasteiger partial charge in [0.1, 0.15) is 5.69 Å². The molecule has 0 radical (unpaired) electrons. The molecule has 0 saturated carbocycles. The Morgan fingerprint density at radius 3 is 2.50 bits per heavy atom. The molecule has 118 valence electrons. The van der Waals surface area contributed by atoms with Crippen LogP contribution in [-0.2, 0) is 0 Å². The highest BCUT2D eigenvalue weighted by molar-refractivity contribution is 9.11. The van der Waals surface area contributed by atoms with E-state index in [9.17, 15) is 14.9 Å². The number of hydrogen-bond acceptors (Lipinski definition) is 4. The zero-order chi connectivity index (χ0) is 17.3. The highest BCUT2D eigenvalue weighted by Crippen LogP contribution is 2.27. The Labute approximate surface area is 137 Å². The van der Waals surface area contributed by atoms with Crippen LogP contribution in [0.5, 0.6) is 0 Å². The van der Waals surface area contributed by atoms with Gasteiger partial charge in [-0.2, -0.15) is 0 Å². The van der Waals surface area contributed by atoms with Crippen LogP contribution in [0, 0.1) is 10.1 Å². The van der Waals surface area contributed by atoms with Gasteiger partial charge in [0, 0.05) is 16.2 Å². The summed E-state index contributed by atoms with van der Waals surface area (Å²) in [5, 5.41) is 22.5. The molecule has 0 bridgehead atoms. The Bertz CT molecular complexity index is 624. The molecular formula is C15H17BrN2O4. The number of nitrogens with one attached hydrogen (secondary N) is 1. The standard InChI is InChI=1S/C13H11BrN2O4.C2H6/c1-3-10(14)6-8(2)15-11-5-4-9(13(17)18)7-12(11)16(19)20;1-2/h3-7,15H,1-2H2,(H,17,18);1-2H3/b10-6+;. The first kappa shape index (κ1) is 19.6. The number of carboxylic acid groups (broad SMARTS) is 1. The molecule has 1 aromatic rings. The molecular weight excluding hydrogens is 352 g/mol. The lowest BCUT2D eigenvalue weighted by Crippen LogP contribution is -2.03. The van der Waals surface area contributed by atoms with E-state index in [2.05, 4.69) is 34.4 Å². The van der Waals surface area contributed by atoms with Crippen molar-refractivity contribution >= 4 is 33.3 Å². The number of rotatable bonds is 6. The van der Waals surface area contributed by atoms with Gasteiger partial charge < -0.3 is 10.4 Å². The van der Waals surface area contributed by atoms with Crippen molar-refractivity contribution in [2.24, 2.45) is 0 Å². The van der Waals surface area contributed by atoms with Gasteiger partial charge in [-0.3, -0.25) is 10.1 Å². The Morgan fingerprint density at radius 2 is 2.05 bits per heavy atom. The third-order valence-electron chi connectivity index (χ3n) is 2.24. The smallest absolute Gasteiger partial charge is 0.335 e. The molecule has 0 aliphatic rings. The number of aromatic carboxylic acids is 1. The van der Waals surface area contributed by atoms with Crippen molar-refractivity contribution in [2.75, 3.05) is 5.32 Å². The zero-order valence-corrected chi connectivity index (χ0v) is 13.9. The Kier molecular flexibility index (Phi) is 8.47. The van der Waals surface area contributed by atoms with Crippen molar-refractivity contribution in [3.8, 4) is 0 Å². The number of nitro benzene ring substituents is 1. The highest BCUT2D eigenvalue weighted by Gasteiger charge is 2.17. The van der Waals surface area contributed by atoms with Gasteiger partial charge in [0.25, 0.3) is 5.69 Å². The van der Waals surface area contributed by atoms with Gasteiger partial charge in [-0.05, 0) is 18.2 Å². The minimum Gasteiger partial charge on any atom is -0.478 e. The summed E-state index contributed by atoms with van der Waals surface area (Å²) >= 11 is 3.20. The number of benzene rings is 1.